The first-order valence-corrected chi connectivity index (χ1v) is 8.38. The van der Waals surface area contributed by atoms with Gasteiger partial charge in [0.25, 0.3) is 0 Å². The summed E-state index contributed by atoms with van der Waals surface area (Å²) >= 11 is 0. The van der Waals surface area contributed by atoms with Crippen LogP contribution >= 0.6 is 0 Å². The molecule has 0 spiro atoms. The summed E-state index contributed by atoms with van der Waals surface area (Å²) in [6.45, 7) is 1.97. The van der Waals surface area contributed by atoms with Crippen molar-refractivity contribution in [3.63, 3.8) is 0 Å². The maximum Gasteiger partial charge on any atom is 0.200 e. The van der Waals surface area contributed by atoms with Gasteiger partial charge in [-0.1, -0.05) is 72.8 Å². The predicted molar refractivity (Wildman–Crippen MR) is 102 cm³/mol. The Morgan fingerprint density at radius 3 is 2.20 bits per heavy atom. The second-order valence-electron chi connectivity index (χ2n) is 6.21. The summed E-state index contributed by atoms with van der Waals surface area (Å²) in [7, 11) is 0. The summed E-state index contributed by atoms with van der Waals surface area (Å²) in [5, 5.41) is 0.635. The molecule has 0 unspecified atom stereocenters. The minimum Gasteiger partial charge on any atom is -0.460 e. The van der Waals surface area contributed by atoms with E-state index in [0.29, 0.717) is 28.7 Å². The molecule has 2 nitrogen and oxygen atoms in total. The molecule has 3 aromatic carbocycles. The zero-order valence-electron chi connectivity index (χ0n) is 14.0. The van der Waals surface area contributed by atoms with Gasteiger partial charge in [0, 0.05) is 6.42 Å². The van der Waals surface area contributed by atoms with E-state index in [0.717, 1.165) is 16.7 Å². The van der Waals surface area contributed by atoms with Crippen molar-refractivity contribution in [2.45, 2.75) is 13.3 Å². The van der Waals surface area contributed by atoms with Crippen molar-refractivity contribution in [3.8, 4) is 11.1 Å². The highest BCUT2D eigenvalue weighted by Crippen LogP contribution is 2.27. The summed E-state index contributed by atoms with van der Waals surface area (Å²) in [6, 6.07) is 25.6. The molecule has 0 saturated heterocycles. The number of aryl methyl sites for hydroxylation is 1. The molecule has 0 amide bonds. The zero-order chi connectivity index (χ0) is 17.2. The minimum atomic E-state index is 0.0297. The minimum absolute atomic E-state index is 0.0297. The summed E-state index contributed by atoms with van der Waals surface area (Å²) in [5.74, 6) is 0.712. The van der Waals surface area contributed by atoms with Crippen molar-refractivity contribution >= 4 is 11.0 Å². The van der Waals surface area contributed by atoms with Gasteiger partial charge in [0.15, 0.2) is 0 Å². The van der Waals surface area contributed by atoms with Crippen LogP contribution in [-0.4, -0.2) is 0 Å². The van der Waals surface area contributed by atoms with Gasteiger partial charge in [0.1, 0.15) is 11.3 Å². The first-order valence-electron chi connectivity index (χ1n) is 8.38. The van der Waals surface area contributed by atoms with Crippen molar-refractivity contribution in [2.75, 3.05) is 0 Å². The molecule has 1 heterocycles. The summed E-state index contributed by atoms with van der Waals surface area (Å²) in [4.78, 5) is 13.2. The number of benzene rings is 3. The molecule has 0 bridgehead atoms. The molecule has 0 fully saturated rings. The quantitative estimate of drug-likeness (QED) is 0.507. The molecule has 0 atom stereocenters. The summed E-state index contributed by atoms with van der Waals surface area (Å²) in [6.07, 6.45) is 0.588. The Hall–Kier alpha value is -3.13. The molecule has 122 valence electrons. The van der Waals surface area contributed by atoms with Gasteiger partial charge in [-0.15, -0.1) is 0 Å². The van der Waals surface area contributed by atoms with E-state index in [1.807, 2.05) is 73.7 Å². The Kier molecular flexibility index (Phi) is 3.95. The van der Waals surface area contributed by atoms with Crippen LogP contribution < -0.4 is 5.43 Å². The van der Waals surface area contributed by atoms with Crippen molar-refractivity contribution < 1.29 is 4.42 Å². The molecule has 4 rings (SSSR count). The molecule has 0 radical (unpaired) electrons. The maximum absolute atomic E-state index is 13.2. The van der Waals surface area contributed by atoms with Gasteiger partial charge >= 0.3 is 0 Å². The highest BCUT2D eigenvalue weighted by atomic mass is 16.3. The first kappa shape index (κ1) is 15.4. The van der Waals surface area contributed by atoms with Gasteiger partial charge in [-0.3, -0.25) is 4.79 Å². The number of hydrogen-bond donors (Lipinski definition) is 0. The van der Waals surface area contributed by atoms with Crippen molar-refractivity contribution in [3.05, 3.63) is 106 Å². The van der Waals surface area contributed by atoms with Gasteiger partial charge in [-0.25, -0.2) is 0 Å². The van der Waals surface area contributed by atoms with Crippen molar-refractivity contribution in [1.29, 1.82) is 0 Å². The molecule has 0 aliphatic heterocycles. The smallest absolute Gasteiger partial charge is 0.200 e. The van der Waals surface area contributed by atoms with Crippen LogP contribution in [0.25, 0.3) is 22.1 Å². The van der Waals surface area contributed by atoms with E-state index in [2.05, 4.69) is 12.1 Å². The SMILES string of the molecule is Cc1cccc2c(=O)c(-c3ccccc3)c(Cc3ccccc3)oc12. The normalized spacial score (nSPS) is 10.9. The number of para-hydroxylation sites is 1. The van der Waals surface area contributed by atoms with Gasteiger partial charge in [-0.2, -0.15) is 0 Å². The lowest BCUT2D eigenvalue weighted by Gasteiger charge is -2.11. The van der Waals surface area contributed by atoms with Gasteiger partial charge in [0.05, 0.1) is 10.9 Å². The Labute approximate surface area is 146 Å². The van der Waals surface area contributed by atoms with E-state index >= 15 is 0 Å². The molecule has 1 aromatic heterocycles. The fourth-order valence-corrected chi connectivity index (χ4v) is 3.20. The van der Waals surface area contributed by atoms with E-state index in [-0.39, 0.29) is 5.43 Å². The van der Waals surface area contributed by atoms with E-state index in [1.54, 1.807) is 0 Å². The second kappa shape index (κ2) is 6.40. The van der Waals surface area contributed by atoms with Crippen LogP contribution in [0.1, 0.15) is 16.9 Å². The Morgan fingerprint density at radius 2 is 1.48 bits per heavy atom. The monoisotopic (exact) mass is 326 g/mol. The molecule has 0 saturated carbocycles. The first-order chi connectivity index (χ1) is 12.2. The summed E-state index contributed by atoms with van der Waals surface area (Å²) in [5.41, 5.74) is 4.35. The van der Waals surface area contributed by atoms with Gasteiger partial charge < -0.3 is 4.42 Å². The van der Waals surface area contributed by atoms with Crippen LogP contribution in [0.15, 0.2) is 88.1 Å². The highest BCUT2D eigenvalue weighted by molar-refractivity contribution is 5.85. The topological polar surface area (TPSA) is 30.2 Å². The maximum atomic E-state index is 13.2. The third-order valence-electron chi connectivity index (χ3n) is 4.46. The van der Waals surface area contributed by atoms with Gasteiger partial charge in [-0.05, 0) is 29.7 Å². The van der Waals surface area contributed by atoms with E-state index in [9.17, 15) is 4.79 Å². The van der Waals surface area contributed by atoms with Crippen LogP contribution in [0.4, 0.5) is 0 Å². The predicted octanol–water partition coefficient (Wildman–Crippen LogP) is 5.36. The fraction of sp³-hybridized carbons (Fsp3) is 0.0870. The third kappa shape index (κ3) is 2.87. The molecular formula is C23H18O2. The van der Waals surface area contributed by atoms with E-state index in [4.69, 9.17) is 4.42 Å². The summed E-state index contributed by atoms with van der Waals surface area (Å²) < 4.78 is 6.26. The lowest BCUT2D eigenvalue weighted by Crippen LogP contribution is -2.10. The van der Waals surface area contributed by atoms with Crippen LogP contribution in [-0.2, 0) is 6.42 Å². The zero-order valence-corrected chi connectivity index (χ0v) is 14.0. The molecule has 2 heteroatoms. The van der Waals surface area contributed by atoms with Crippen LogP contribution in [0, 0.1) is 6.92 Å². The van der Waals surface area contributed by atoms with Gasteiger partial charge in [0.2, 0.25) is 5.43 Å². The lowest BCUT2D eigenvalue weighted by molar-refractivity contribution is 0.549. The van der Waals surface area contributed by atoms with Crippen molar-refractivity contribution in [1.82, 2.24) is 0 Å². The highest BCUT2D eigenvalue weighted by Gasteiger charge is 2.17. The third-order valence-corrected chi connectivity index (χ3v) is 4.46. The van der Waals surface area contributed by atoms with Crippen LogP contribution in [0.5, 0.6) is 0 Å². The standard InChI is InChI=1S/C23H18O2/c1-16-9-8-14-19-22(24)21(18-12-6-3-7-13-18)20(25-23(16)19)15-17-10-4-2-5-11-17/h2-14H,15H2,1H3. The molecule has 25 heavy (non-hydrogen) atoms. The number of hydrogen-bond acceptors (Lipinski definition) is 2. The molecular weight excluding hydrogens is 308 g/mol. The molecule has 0 aliphatic carbocycles. The molecule has 0 N–H and O–H groups in total. The average Bonchev–Trinajstić information content (AvgIpc) is 2.64. The Bertz CT molecular complexity index is 1080. The fourth-order valence-electron chi connectivity index (χ4n) is 3.20. The Morgan fingerprint density at radius 1 is 0.800 bits per heavy atom. The van der Waals surface area contributed by atoms with Crippen LogP contribution in [0.2, 0.25) is 0 Å². The second-order valence-corrected chi connectivity index (χ2v) is 6.21. The van der Waals surface area contributed by atoms with Crippen LogP contribution in [0.3, 0.4) is 0 Å². The average molecular weight is 326 g/mol. The van der Waals surface area contributed by atoms with E-state index < -0.39 is 0 Å². The largest absolute Gasteiger partial charge is 0.460 e. The Balaban J connectivity index is 2.01. The molecule has 4 aromatic rings. The van der Waals surface area contributed by atoms with Crippen molar-refractivity contribution in [2.24, 2.45) is 0 Å². The number of rotatable bonds is 3. The number of fused-ring (bicyclic) bond motifs is 1. The molecule has 0 aliphatic rings. The van der Waals surface area contributed by atoms with E-state index in [1.165, 1.54) is 0 Å². The lowest BCUT2D eigenvalue weighted by atomic mass is 9.98.